The maximum atomic E-state index is 10.9. The van der Waals surface area contributed by atoms with Gasteiger partial charge >= 0.3 is 0 Å². The van der Waals surface area contributed by atoms with Gasteiger partial charge in [-0.05, 0) is 25.1 Å². The Balaban J connectivity index is 2.57. The molecule has 0 N–H and O–H groups in total. The van der Waals surface area contributed by atoms with Crippen molar-refractivity contribution in [1.82, 2.24) is 4.98 Å². The molecule has 0 fully saturated rings. The highest BCUT2D eigenvalue weighted by molar-refractivity contribution is 5.89. The molecule has 1 aromatic heterocycles. The predicted octanol–water partition coefficient (Wildman–Crippen LogP) is 2.45. The maximum absolute atomic E-state index is 10.9. The van der Waals surface area contributed by atoms with Crippen molar-refractivity contribution in [3.05, 3.63) is 29.8 Å². The fraction of sp³-hybridized carbons (Fsp3) is 0.231. The first-order valence-corrected chi connectivity index (χ1v) is 5.35. The highest BCUT2D eigenvalue weighted by Crippen LogP contribution is 2.24. The highest BCUT2D eigenvalue weighted by Gasteiger charge is 2.07. The zero-order valence-corrected chi connectivity index (χ0v) is 9.77. The minimum Gasteiger partial charge on any atom is -0.494 e. The molecule has 1 aromatic carbocycles. The Morgan fingerprint density at radius 1 is 1.35 bits per heavy atom. The molecule has 0 radical (unpaired) electrons. The average molecular weight is 231 g/mol. The third kappa shape index (κ3) is 2.20. The molecule has 4 nitrogen and oxygen atoms in total. The Morgan fingerprint density at radius 3 is 2.82 bits per heavy atom. The number of pyridine rings is 1. The molecule has 88 valence electrons. The van der Waals surface area contributed by atoms with Crippen LogP contribution < -0.4 is 9.47 Å². The highest BCUT2D eigenvalue weighted by atomic mass is 16.5. The van der Waals surface area contributed by atoms with Gasteiger partial charge < -0.3 is 9.47 Å². The van der Waals surface area contributed by atoms with E-state index in [0.717, 1.165) is 22.9 Å². The summed E-state index contributed by atoms with van der Waals surface area (Å²) in [6, 6.07) is 7.31. The van der Waals surface area contributed by atoms with Crippen molar-refractivity contribution in [3.8, 4) is 11.6 Å². The average Bonchev–Trinajstić information content (AvgIpc) is 2.37. The van der Waals surface area contributed by atoms with E-state index in [-0.39, 0.29) is 0 Å². The first-order chi connectivity index (χ1) is 8.28. The Morgan fingerprint density at radius 2 is 2.18 bits per heavy atom. The molecule has 0 aliphatic heterocycles. The molecule has 0 amide bonds. The molecule has 0 saturated heterocycles. The third-order valence-electron chi connectivity index (χ3n) is 2.41. The Bertz CT molecular complexity index is 552. The van der Waals surface area contributed by atoms with Crippen LogP contribution in [0.4, 0.5) is 0 Å². The van der Waals surface area contributed by atoms with Crippen molar-refractivity contribution in [2.24, 2.45) is 0 Å². The van der Waals surface area contributed by atoms with Crippen LogP contribution in [0, 0.1) is 0 Å². The largest absolute Gasteiger partial charge is 0.494 e. The van der Waals surface area contributed by atoms with Crippen LogP contribution in [0.2, 0.25) is 0 Å². The molecule has 0 aliphatic carbocycles. The summed E-state index contributed by atoms with van der Waals surface area (Å²) in [7, 11) is 1.49. The lowest BCUT2D eigenvalue weighted by atomic mass is 10.1. The minimum atomic E-state index is 0.334. The Kier molecular flexibility index (Phi) is 3.23. The molecule has 0 aliphatic rings. The number of aldehydes is 1. The summed E-state index contributed by atoms with van der Waals surface area (Å²) in [5.41, 5.74) is 1.20. The van der Waals surface area contributed by atoms with Gasteiger partial charge in [-0.1, -0.05) is 0 Å². The third-order valence-corrected chi connectivity index (χ3v) is 2.41. The number of ether oxygens (including phenoxy) is 2. The van der Waals surface area contributed by atoms with E-state index >= 15 is 0 Å². The van der Waals surface area contributed by atoms with Gasteiger partial charge in [-0.2, -0.15) is 0 Å². The SMILES string of the molecule is CCOc1ccc2cc(C=O)c(OC)nc2c1. The van der Waals surface area contributed by atoms with Gasteiger partial charge in [0.25, 0.3) is 0 Å². The number of benzene rings is 1. The van der Waals surface area contributed by atoms with Gasteiger partial charge in [0, 0.05) is 11.5 Å². The van der Waals surface area contributed by atoms with Crippen LogP contribution in [0.3, 0.4) is 0 Å². The van der Waals surface area contributed by atoms with Gasteiger partial charge in [0.2, 0.25) is 5.88 Å². The van der Waals surface area contributed by atoms with Crippen LogP contribution in [-0.4, -0.2) is 25.0 Å². The molecule has 2 aromatic rings. The molecule has 2 rings (SSSR count). The number of carbonyl (C=O) groups excluding carboxylic acids is 1. The lowest BCUT2D eigenvalue weighted by Crippen LogP contribution is -1.96. The maximum Gasteiger partial charge on any atom is 0.224 e. The molecule has 0 atom stereocenters. The zero-order valence-electron chi connectivity index (χ0n) is 9.77. The summed E-state index contributed by atoms with van der Waals surface area (Å²) >= 11 is 0. The summed E-state index contributed by atoms with van der Waals surface area (Å²) in [5, 5.41) is 0.886. The van der Waals surface area contributed by atoms with Crippen LogP contribution in [0.15, 0.2) is 24.3 Å². The van der Waals surface area contributed by atoms with Crippen LogP contribution in [-0.2, 0) is 0 Å². The number of carbonyl (C=O) groups is 1. The van der Waals surface area contributed by atoms with Gasteiger partial charge in [-0.25, -0.2) is 4.98 Å². The molecular formula is C13H13NO3. The molecule has 0 unspecified atom stereocenters. The van der Waals surface area contributed by atoms with Gasteiger partial charge in [-0.3, -0.25) is 4.79 Å². The number of hydrogen-bond donors (Lipinski definition) is 0. The molecular weight excluding hydrogens is 218 g/mol. The van der Waals surface area contributed by atoms with Gasteiger partial charge in [0.1, 0.15) is 5.75 Å². The van der Waals surface area contributed by atoms with Crippen molar-refractivity contribution < 1.29 is 14.3 Å². The van der Waals surface area contributed by atoms with E-state index in [0.29, 0.717) is 18.1 Å². The second kappa shape index (κ2) is 4.82. The number of rotatable bonds is 4. The molecule has 1 heterocycles. The minimum absolute atomic E-state index is 0.334. The lowest BCUT2D eigenvalue weighted by Gasteiger charge is -2.07. The Hall–Kier alpha value is -2.10. The molecule has 17 heavy (non-hydrogen) atoms. The first kappa shape index (κ1) is 11.4. The number of methoxy groups -OCH3 is 1. The van der Waals surface area contributed by atoms with Crippen molar-refractivity contribution in [1.29, 1.82) is 0 Å². The normalized spacial score (nSPS) is 10.2. The van der Waals surface area contributed by atoms with Gasteiger partial charge in [-0.15, -0.1) is 0 Å². The second-order valence-corrected chi connectivity index (χ2v) is 3.49. The summed E-state index contributed by atoms with van der Waals surface area (Å²) in [5.74, 6) is 1.09. The van der Waals surface area contributed by atoms with Crippen LogP contribution in [0.25, 0.3) is 10.9 Å². The first-order valence-electron chi connectivity index (χ1n) is 5.35. The zero-order chi connectivity index (χ0) is 12.3. The fourth-order valence-corrected chi connectivity index (χ4v) is 1.65. The van der Waals surface area contributed by atoms with Gasteiger partial charge in [0.15, 0.2) is 6.29 Å². The van der Waals surface area contributed by atoms with E-state index in [1.165, 1.54) is 7.11 Å². The monoisotopic (exact) mass is 231 g/mol. The smallest absolute Gasteiger partial charge is 0.224 e. The second-order valence-electron chi connectivity index (χ2n) is 3.49. The van der Waals surface area contributed by atoms with E-state index in [1.54, 1.807) is 6.07 Å². The lowest BCUT2D eigenvalue weighted by molar-refractivity contribution is 0.112. The summed E-state index contributed by atoms with van der Waals surface area (Å²) < 4.78 is 10.5. The molecule has 0 saturated carbocycles. The molecule has 0 spiro atoms. The van der Waals surface area contributed by atoms with Gasteiger partial charge in [0.05, 0.1) is 24.8 Å². The predicted molar refractivity (Wildman–Crippen MR) is 64.9 cm³/mol. The van der Waals surface area contributed by atoms with Crippen LogP contribution >= 0.6 is 0 Å². The van der Waals surface area contributed by atoms with Crippen LogP contribution in [0.1, 0.15) is 17.3 Å². The van der Waals surface area contributed by atoms with Crippen molar-refractivity contribution in [2.45, 2.75) is 6.92 Å². The van der Waals surface area contributed by atoms with Crippen molar-refractivity contribution in [2.75, 3.05) is 13.7 Å². The Labute approximate surface area is 99.2 Å². The standard InChI is InChI=1S/C13H13NO3/c1-3-17-11-5-4-9-6-10(8-15)13(16-2)14-12(9)7-11/h4-8H,3H2,1-2H3. The summed E-state index contributed by atoms with van der Waals surface area (Å²) in [6.07, 6.45) is 0.738. The quantitative estimate of drug-likeness (QED) is 0.758. The summed E-state index contributed by atoms with van der Waals surface area (Å²) in [6.45, 7) is 2.53. The van der Waals surface area contributed by atoms with E-state index in [2.05, 4.69) is 4.98 Å². The molecule has 0 bridgehead atoms. The number of hydrogen-bond acceptors (Lipinski definition) is 4. The number of nitrogens with zero attached hydrogens (tertiary/aromatic N) is 1. The summed E-state index contributed by atoms with van der Waals surface area (Å²) in [4.78, 5) is 15.1. The number of aromatic nitrogens is 1. The van der Waals surface area contributed by atoms with Crippen LogP contribution in [0.5, 0.6) is 11.6 Å². The van der Waals surface area contributed by atoms with Crippen molar-refractivity contribution in [3.63, 3.8) is 0 Å². The number of fused-ring (bicyclic) bond motifs is 1. The van der Waals surface area contributed by atoms with E-state index in [4.69, 9.17) is 9.47 Å². The van der Waals surface area contributed by atoms with Crippen molar-refractivity contribution >= 4 is 17.2 Å². The van der Waals surface area contributed by atoms with E-state index < -0.39 is 0 Å². The van der Waals surface area contributed by atoms with E-state index in [1.807, 2.05) is 25.1 Å². The van der Waals surface area contributed by atoms with E-state index in [9.17, 15) is 4.79 Å². The fourth-order valence-electron chi connectivity index (χ4n) is 1.65. The topological polar surface area (TPSA) is 48.4 Å². The molecule has 4 heteroatoms.